The summed E-state index contributed by atoms with van der Waals surface area (Å²) in [4.78, 5) is 2.39. The van der Waals surface area contributed by atoms with Gasteiger partial charge in [0.05, 0.1) is 13.2 Å². The van der Waals surface area contributed by atoms with Crippen LogP contribution in [-0.2, 0) is 11.3 Å². The van der Waals surface area contributed by atoms with Gasteiger partial charge in [-0.3, -0.25) is 4.90 Å². The summed E-state index contributed by atoms with van der Waals surface area (Å²) in [7, 11) is 0. The van der Waals surface area contributed by atoms with Crippen LogP contribution in [0.2, 0.25) is 0 Å². The van der Waals surface area contributed by atoms with E-state index in [0.29, 0.717) is 5.16 Å². The molecule has 1 saturated heterocycles. The van der Waals surface area contributed by atoms with Crippen molar-refractivity contribution in [2.45, 2.75) is 18.1 Å². The van der Waals surface area contributed by atoms with Gasteiger partial charge in [-0.05, 0) is 16.8 Å². The second-order valence-electron chi connectivity index (χ2n) is 3.51. The summed E-state index contributed by atoms with van der Waals surface area (Å²) < 4.78 is 6.99. The van der Waals surface area contributed by atoms with Crippen LogP contribution >= 0.6 is 12.6 Å². The van der Waals surface area contributed by atoms with E-state index >= 15 is 0 Å². The molecule has 0 radical (unpaired) electrons. The molecule has 1 fully saturated rings. The molecule has 0 aromatic carbocycles. The average molecular weight is 229 g/mol. The molecule has 84 valence electrons. The quantitative estimate of drug-likeness (QED) is 0.717. The van der Waals surface area contributed by atoms with Gasteiger partial charge in [-0.1, -0.05) is 0 Å². The lowest BCUT2D eigenvalue weighted by atomic mass is 10.3. The Bertz CT molecular complexity index is 299. The molecule has 1 aliphatic heterocycles. The number of aromatic nitrogens is 4. The molecule has 0 spiro atoms. The molecule has 2 rings (SSSR count). The van der Waals surface area contributed by atoms with Crippen molar-refractivity contribution in [3.63, 3.8) is 0 Å². The molecule has 0 aliphatic carbocycles. The highest BCUT2D eigenvalue weighted by atomic mass is 32.1. The van der Waals surface area contributed by atoms with Crippen molar-refractivity contribution in [1.29, 1.82) is 0 Å². The zero-order chi connectivity index (χ0) is 10.5. The summed E-state index contributed by atoms with van der Waals surface area (Å²) in [5.41, 5.74) is 0. The number of hydrogen-bond donors (Lipinski definition) is 1. The number of nitrogens with zero attached hydrogens (tertiary/aromatic N) is 5. The number of hydrogen-bond acceptors (Lipinski definition) is 6. The number of tetrazole rings is 1. The highest BCUT2D eigenvalue weighted by Gasteiger charge is 2.09. The van der Waals surface area contributed by atoms with E-state index in [1.54, 1.807) is 4.68 Å². The van der Waals surface area contributed by atoms with Crippen molar-refractivity contribution in [1.82, 2.24) is 25.1 Å². The van der Waals surface area contributed by atoms with Gasteiger partial charge in [-0.2, -0.15) is 0 Å². The van der Waals surface area contributed by atoms with Gasteiger partial charge in [-0.15, -0.1) is 17.7 Å². The third kappa shape index (κ3) is 3.15. The van der Waals surface area contributed by atoms with Crippen molar-refractivity contribution in [3.8, 4) is 0 Å². The van der Waals surface area contributed by atoms with Gasteiger partial charge in [0.15, 0.2) is 0 Å². The minimum absolute atomic E-state index is 0.581. The first-order valence-corrected chi connectivity index (χ1v) is 5.56. The largest absolute Gasteiger partial charge is 0.379 e. The number of rotatable bonds is 4. The summed E-state index contributed by atoms with van der Waals surface area (Å²) in [6, 6.07) is 0. The van der Waals surface area contributed by atoms with Gasteiger partial charge in [0.25, 0.3) is 0 Å². The SMILES string of the molecule is Sc1nnnn1CCCN1CCOCC1. The lowest BCUT2D eigenvalue weighted by molar-refractivity contribution is 0.0367. The fourth-order valence-electron chi connectivity index (χ4n) is 1.61. The topological polar surface area (TPSA) is 56.1 Å². The zero-order valence-electron chi connectivity index (χ0n) is 8.54. The zero-order valence-corrected chi connectivity index (χ0v) is 9.44. The lowest BCUT2D eigenvalue weighted by Gasteiger charge is -2.26. The molecule has 0 unspecified atom stereocenters. The molecule has 0 atom stereocenters. The predicted molar refractivity (Wildman–Crippen MR) is 56.9 cm³/mol. The van der Waals surface area contributed by atoms with Gasteiger partial charge < -0.3 is 4.74 Å². The van der Waals surface area contributed by atoms with Crippen LogP contribution in [0.3, 0.4) is 0 Å². The lowest BCUT2D eigenvalue weighted by Crippen LogP contribution is -2.37. The smallest absolute Gasteiger partial charge is 0.206 e. The Kier molecular flexibility index (Phi) is 3.93. The summed E-state index contributed by atoms with van der Waals surface area (Å²) in [5, 5.41) is 11.7. The fraction of sp³-hybridized carbons (Fsp3) is 0.875. The van der Waals surface area contributed by atoms with E-state index in [9.17, 15) is 0 Å². The van der Waals surface area contributed by atoms with Crippen LogP contribution in [0.4, 0.5) is 0 Å². The van der Waals surface area contributed by atoms with E-state index < -0.39 is 0 Å². The molecule has 1 aromatic rings. The molecule has 15 heavy (non-hydrogen) atoms. The van der Waals surface area contributed by atoms with Gasteiger partial charge in [-0.25, -0.2) is 4.68 Å². The van der Waals surface area contributed by atoms with E-state index in [2.05, 4.69) is 33.1 Å². The molecule has 1 aliphatic rings. The Balaban J connectivity index is 1.68. The van der Waals surface area contributed by atoms with Gasteiger partial charge in [0.1, 0.15) is 0 Å². The van der Waals surface area contributed by atoms with Crippen LogP contribution in [0.5, 0.6) is 0 Å². The highest BCUT2D eigenvalue weighted by Crippen LogP contribution is 2.02. The van der Waals surface area contributed by atoms with Crippen molar-refractivity contribution >= 4 is 12.6 Å². The summed E-state index contributed by atoms with van der Waals surface area (Å²) in [6.07, 6.45) is 1.04. The standard InChI is InChI=1S/C8H15N5OS/c15-8-9-10-11-13(8)3-1-2-12-4-6-14-7-5-12/h1-7H2,(H,9,11,15). The number of aryl methyl sites for hydroxylation is 1. The molecular weight excluding hydrogens is 214 g/mol. The molecule has 0 amide bonds. The molecule has 1 aromatic heterocycles. The first kappa shape index (κ1) is 10.8. The molecule has 0 N–H and O–H groups in total. The van der Waals surface area contributed by atoms with E-state index in [1.807, 2.05) is 0 Å². The van der Waals surface area contributed by atoms with Crippen LogP contribution < -0.4 is 0 Å². The Morgan fingerprint density at radius 2 is 2.07 bits per heavy atom. The Morgan fingerprint density at radius 1 is 1.27 bits per heavy atom. The van der Waals surface area contributed by atoms with Crippen LogP contribution in [0, 0.1) is 0 Å². The number of ether oxygens (including phenoxy) is 1. The molecular formula is C8H15N5OS. The van der Waals surface area contributed by atoms with E-state index in [1.165, 1.54) is 0 Å². The van der Waals surface area contributed by atoms with Crippen LogP contribution in [0.1, 0.15) is 6.42 Å². The third-order valence-electron chi connectivity index (χ3n) is 2.46. The predicted octanol–water partition coefficient (Wildman–Crippen LogP) is -0.316. The molecule has 0 bridgehead atoms. The molecule has 6 nitrogen and oxygen atoms in total. The van der Waals surface area contributed by atoms with E-state index in [-0.39, 0.29) is 0 Å². The number of thiol groups is 1. The van der Waals surface area contributed by atoms with Crippen molar-refractivity contribution < 1.29 is 4.74 Å². The van der Waals surface area contributed by atoms with Gasteiger partial charge in [0.2, 0.25) is 5.16 Å². The highest BCUT2D eigenvalue weighted by molar-refractivity contribution is 7.80. The first-order chi connectivity index (χ1) is 7.36. The summed E-state index contributed by atoms with van der Waals surface area (Å²) in [6.45, 7) is 5.65. The minimum atomic E-state index is 0.581. The van der Waals surface area contributed by atoms with E-state index in [4.69, 9.17) is 4.74 Å². The Labute approximate surface area is 94.0 Å². The Hall–Kier alpha value is -0.660. The normalized spacial score (nSPS) is 18.2. The van der Waals surface area contributed by atoms with Gasteiger partial charge in [0, 0.05) is 26.2 Å². The maximum absolute atomic E-state index is 5.28. The maximum Gasteiger partial charge on any atom is 0.206 e. The fourth-order valence-corrected chi connectivity index (χ4v) is 1.79. The van der Waals surface area contributed by atoms with Crippen LogP contribution in [-0.4, -0.2) is 58.0 Å². The molecule has 2 heterocycles. The minimum Gasteiger partial charge on any atom is -0.379 e. The van der Waals surface area contributed by atoms with Crippen molar-refractivity contribution in [3.05, 3.63) is 0 Å². The van der Waals surface area contributed by atoms with Crippen molar-refractivity contribution in [2.75, 3.05) is 32.8 Å². The summed E-state index contributed by atoms with van der Waals surface area (Å²) >= 11 is 4.14. The summed E-state index contributed by atoms with van der Waals surface area (Å²) in [5.74, 6) is 0. The second kappa shape index (κ2) is 5.43. The van der Waals surface area contributed by atoms with Crippen LogP contribution in [0.25, 0.3) is 0 Å². The molecule has 0 saturated carbocycles. The third-order valence-corrected chi connectivity index (χ3v) is 2.78. The molecule has 7 heteroatoms. The van der Waals surface area contributed by atoms with Gasteiger partial charge >= 0.3 is 0 Å². The monoisotopic (exact) mass is 229 g/mol. The number of morpholine rings is 1. The maximum atomic E-state index is 5.28. The first-order valence-electron chi connectivity index (χ1n) is 5.11. The van der Waals surface area contributed by atoms with E-state index in [0.717, 1.165) is 45.8 Å². The van der Waals surface area contributed by atoms with Crippen LogP contribution in [0.15, 0.2) is 5.16 Å². The average Bonchev–Trinajstić information content (AvgIpc) is 2.66. The second-order valence-corrected chi connectivity index (χ2v) is 3.91. The Morgan fingerprint density at radius 3 is 2.73 bits per heavy atom. The van der Waals surface area contributed by atoms with Crippen molar-refractivity contribution in [2.24, 2.45) is 0 Å².